The van der Waals surface area contributed by atoms with E-state index in [1.807, 2.05) is 6.92 Å². The van der Waals surface area contributed by atoms with Gasteiger partial charge in [0.15, 0.2) is 0 Å². The summed E-state index contributed by atoms with van der Waals surface area (Å²) in [6.45, 7) is 6.15. The molecule has 1 aliphatic rings. The first-order valence-corrected chi connectivity index (χ1v) is 8.64. The zero-order chi connectivity index (χ0) is 15.0. The van der Waals surface area contributed by atoms with Crippen LogP contribution in [0.4, 0.5) is 9.93 Å². The van der Waals surface area contributed by atoms with E-state index in [4.69, 9.17) is 0 Å². The fraction of sp³-hybridized carbons (Fsp3) is 0.500. The van der Waals surface area contributed by atoms with Crippen LogP contribution in [0.15, 0.2) is 6.07 Å². The standard InChI is InChI=1S/C14H18N4OS2/c1-7-6-11(9(3)20-7)8(2)15-13(19)16-14-18-17-12(21-14)10-4-5-10/h6,8,10H,4-5H2,1-3H3,(H2,15,16,18,19)/t8-/m1/s1. The molecule has 112 valence electrons. The van der Waals surface area contributed by atoms with Crippen LogP contribution < -0.4 is 10.6 Å². The largest absolute Gasteiger partial charge is 0.331 e. The van der Waals surface area contributed by atoms with Gasteiger partial charge in [-0.05, 0) is 45.2 Å². The fourth-order valence-electron chi connectivity index (χ4n) is 2.27. The lowest BCUT2D eigenvalue weighted by Crippen LogP contribution is -2.31. The highest BCUT2D eigenvalue weighted by molar-refractivity contribution is 7.15. The Morgan fingerprint density at radius 1 is 1.33 bits per heavy atom. The summed E-state index contributed by atoms with van der Waals surface area (Å²) in [4.78, 5) is 14.5. The summed E-state index contributed by atoms with van der Waals surface area (Å²) in [5.74, 6) is 0.566. The molecule has 0 spiro atoms. The Balaban J connectivity index is 1.58. The minimum absolute atomic E-state index is 0.0224. The zero-order valence-corrected chi connectivity index (χ0v) is 13.9. The zero-order valence-electron chi connectivity index (χ0n) is 12.3. The highest BCUT2D eigenvalue weighted by Crippen LogP contribution is 2.42. The van der Waals surface area contributed by atoms with E-state index >= 15 is 0 Å². The van der Waals surface area contributed by atoms with Gasteiger partial charge in [0.05, 0.1) is 6.04 Å². The molecule has 0 aromatic carbocycles. The molecule has 2 heterocycles. The molecule has 5 nitrogen and oxygen atoms in total. The Kier molecular flexibility index (Phi) is 3.95. The third kappa shape index (κ3) is 3.41. The number of nitrogens with zero attached hydrogens (tertiary/aromatic N) is 2. The number of nitrogens with one attached hydrogen (secondary N) is 2. The molecule has 2 amide bonds. The van der Waals surface area contributed by atoms with Crippen molar-refractivity contribution in [1.29, 1.82) is 0 Å². The molecule has 1 fully saturated rings. The van der Waals surface area contributed by atoms with Crippen molar-refractivity contribution in [2.45, 2.75) is 45.6 Å². The lowest BCUT2D eigenvalue weighted by atomic mass is 10.1. The van der Waals surface area contributed by atoms with Gasteiger partial charge in [0.2, 0.25) is 5.13 Å². The molecule has 2 aromatic heterocycles. The van der Waals surface area contributed by atoms with Gasteiger partial charge in [-0.25, -0.2) is 4.79 Å². The second-order valence-corrected chi connectivity index (χ2v) is 7.88. The number of rotatable bonds is 4. The molecular formula is C14H18N4OS2. The number of carbonyl (C=O) groups excluding carboxylic acids is 1. The Bertz CT molecular complexity index is 660. The van der Waals surface area contributed by atoms with Crippen LogP contribution in [0.3, 0.4) is 0 Å². The van der Waals surface area contributed by atoms with Crippen molar-refractivity contribution in [3.8, 4) is 0 Å². The molecule has 0 bridgehead atoms. The third-order valence-electron chi connectivity index (χ3n) is 3.48. The van der Waals surface area contributed by atoms with E-state index in [-0.39, 0.29) is 12.1 Å². The van der Waals surface area contributed by atoms with Crippen LogP contribution in [0.2, 0.25) is 0 Å². The van der Waals surface area contributed by atoms with Crippen LogP contribution >= 0.6 is 22.7 Å². The minimum atomic E-state index is -0.232. The number of hydrogen-bond acceptors (Lipinski definition) is 5. The van der Waals surface area contributed by atoms with E-state index < -0.39 is 0 Å². The molecule has 2 aromatic rings. The number of anilines is 1. The van der Waals surface area contributed by atoms with Crippen molar-refractivity contribution in [3.05, 3.63) is 26.4 Å². The maximum absolute atomic E-state index is 12.0. The van der Waals surface area contributed by atoms with Crippen LogP contribution in [-0.2, 0) is 0 Å². The number of hydrogen-bond donors (Lipinski definition) is 2. The Labute approximate surface area is 131 Å². The summed E-state index contributed by atoms with van der Waals surface area (Å²) in [7, 11) is 0. The lowest BCUT2D eigenvalue weighted by Gasteiger charge is -2.13. The van der Waals surface area contributed by atoms with Gasteiger partial charge in [-0.3, -0.25) is 5.32 Å². The summed E-state index contributed by atoms with van der Waals surface area (Å²) in [5.41, 5.74) is 1.17. The van der Waals surface area contributed by atoms with E-state index in [2.05, 4.69) is 40.7 Å². The first-order chi connectivity index (χ1) is 10.0. The van der Waals surface area contributed by atoms with Crippen molar-refractivity contribution in [2.75, 3.05) is 5.32 Å². The second kappa shape index (κ2) is 5.73. The van der Waals surface area contributed by atoms with Crippen LogP contribution in [0.25, 0.3) is 0 Å². The van der Waals surface area contributed by atoms with Crippen LogP contribution in [0, 0.1) is 13.8 Å². The SMILES string of the molecule is Cc1cc([C@@H](C)NC(=O)Nc2nnc(C3CC3)s2)c(C)s1. The number of thiophene rings is 1. The molecule has 1 saturated carbocycles. The number of urea groups is 1. The third-order valence-corrected chi connectivity index (χ3v) is 5.46. The molecule has 0 unspecified atom stereocenters. The molecule has 0 radical (unpaired) electrons. The van der Waals surface area contributed by atoms with E-state index in [0.29, 0.717) is 11.0 Å². The monoisotopic (exact) mass is 322 g/mol. The number of amides is 2. The summed E-state index contributed by atoms with van der Waals surface area (Å²) < 4.78 is 0. The Hall–Kier alpha value is -1.47. The van der Waals surface area contributed by atoms with Crippen molar-refractivity contribution < 1.29 is 4.79 Å². The molecular weight excluding hydrogens is 304 g/mol. The summed E-state index contributed by atoms with van der Waals surface area (Å²) in [6, 6.07) is 1.87. The van der Waals surface area contributed by atoms with Gasteiger partial charge >= 0.3 is 6.03 Å². The van der Waals surface area contributed by atoms with Crippen molar-refractivity contribution in [3.63, 3.8) is 0 Å². The number of aryl methyl sites for hydroxylation is 2. The normalized spacial score (nSPS) is 15.8. The van der Waals surface area contributed by atoms with E-state index in [1.54, 1.807) is 11.3 Å². The predicted octanol–water partition coefficient (Wildman–Crippen LogP) is 3.98. The van der Waals surface area contributed by atoms with Gasteiger partial charge in [-0.1, -0.05) is 11.3 Å². The minimum Gasteiger partial charge on any atom is -0.331 e. The van der Waals surface area contributed by atoms with Gasteiger partial charge in [-0.15, -0.1) is 21.5 Å². The molecule has 1 aliphatic carbocycles. The highest BCUT2D eigenvalue weighted by atomic mass is 32.1. The number of carbonyl (C=O) groups is 1. The molecule has 2 N–H and O–H groups in total. The first-order valence-electron chi connectivity index (χ1n) is 7.01. The van der Waals surface area contributed by atoms with E-state index in [1.165, 1.54) is 39.5 Å². The van der Waals surface area contributed by atoms with Gasteiger partial charge in [-0.2, -0.15) is 0 Å². The quantitative estimate of drug-likeness (QED) is 0.895. The summed E-state index contributed by atoms with van der Waals surface area (Å²) in [5, 5.41) is 15.4. The summed E-state index contributed by atoms with van der Waals surface area (Å²) >= 11 is 3.22. The second-order valence-electron chi connectivity index (χ2n) is 5.41. The number of aromatic nitrogens is 2. The van der Waals surface area contributed by atoms with Gasteiger partial charge < -0.3 is 5.32 Å². The molecule has 7 heteroatoms. The average Bonchev–Trinajstić information content (AvgIpc) is 3.07. The van der Waals surface area contributed by atoms with Crippen molar-refractivity contribution in [2.24, 2.45) is 0 Å². The molecule has 3 rings (SSSR count). The maximum Gasteiger partial charge on any atom is 0.321 e. The molecule has 1 atom stereocenters. The van der Waals surface area contributed by atoms with Gasteiger partial charge in [0.25, 0.3) is 0 Å². The lowest BCUT2D eigenvalue weighted by molar-refractivity contribution is 0.249. The van der Waals surface area contributed by atoms with Crippen molar-refractivity contribution in [1.82, 2.24) is 15.5 Å². The van der Waals surface area contributed by atoms with Crippen LogP contribution in [-0.4, -0.2) is 16.2 Å². The maximum atomic E-state index is 12.0. The fourth-order valence-corrected chi connectivity index (χ4v) is 4.20. The van der Waals surface area contributed by atoms with E-state index in [0.717, 1.165) is 5.01 Å². The topological polar surface area (TPSA) is 66.9 Å². The Morgan fingerprint density at radius 2 is 2.10 bits per heavy atom. The van der Waals surface area contributed by atoms with E-state index in [9.17, 15) is 4.79 Å². The smallest absolute Gasteiger partial charge is 0.321 e. The molecule has 21 heavy (non-hydrogen) atoms. The average molecular weight is 322 g/mol. The highest BCUT2D eigenvalue weighted by Gasteiger charge is 2.27. The Morgan fingerprint density at radius 3 is 2.71 bits per heavy atom. The van der Waals surface area contributed by atoms with Crippen molar-refractivity contribution >= 4 is 33.8 Å². The summed E-state index contributed by atoms with van der Waals surface area (Å²) in [6.07, 6.45) is 2.38. The van der Waals surface area contributed by atoms with Gasteiger partial charge in [0, 0.05) is 15.7 Å². The molecule has 0 aliphatic heterocycles. The van der Waals surface area contributed by atoms with Gasteiger partial charge in [0.1, 0.15) is 5.01 Å². The van der Waals surface area contributed by atoms with Crippen LogP contribution in [0.5, 0.6) is 0 Å². The predicted molar refractivity (Wildman–Crippen MR) is 86.2 cm³/mol. The molecule has 0 saturated heterocycles. The van der Waals surface area contributed by atoms with Crippen LogP contribution in [0.1, 0.15) is 52.1 Å². The first kappa shape index (κ1) is 14.5.